The number of amides is 2. The van der Waals surface area contributed by atoms with Gasteiger partial charge in [-0.2, -0.15) is 0 Å². The normalized spacial score (nSPS) is 12.8. The summed E-state index contributed by atoms with van der Waals surface area (Å²) in [5.74, 6) is -1.45. The smallest absolute Gasteiger partial charge is 0.375 e. The summed E-state index contributed by atoms with van der Waals surface area (Å²) in [5.41, 5.74) is 0.856. The molecule has 0 unspecified atom stereocenters. The molecule has 0 fully saturated rings. The number of ether oxygens (including phenoxy) is 1. The van der Waals surface area contributed by atoms with E-state index in [2.05, 4.69) is 4.98 Å². The summed E-state index contributed by atoms with van der Waals surface area (Å²) in [6.07, 6.45) is 0. The van der Waals surface area contributed by atoms with E-state index in [9.17, 15) is 14.4 Å². The molecule has 0 saturated carbocycles. The molecule has 2 heterocycles. The van der Waals surface area contributed by atoms with Crippen LogP contribution in [-0.4, -0.2) is 27.8 Å². The molecule has 7 nitrogen and oxygen atoms in total. The maximum absolute atomic E-state index is 12.5. The lowest BCUT2D eigenvalue weighted by Gasteiger charge is -2.11. The van der Waals surface area contributed by atoms with Gasteiger partial charge in [0.1, 0.15) is 22.2 Å². The lowest BCUT2D eigenvalue weighted by molar-refractivity contribution is -0.0581. The molecule has 0 atom stereocenters. The maximum atomic E-state index is 12.5. The van der Waals surface area contributed by atoms with Crippen molar-refractivity contribution >= 4 is 29.1 Å². The van der Waals surface area contributed by atoms with E-state index in [4.69, 9.17) is 9.57 Å². The first-order valence-corrected chi connectivity index (χ1v) is 9.20. The van der Waals surface area contributed by atoms with Gasteiger partial charge >= 0.3 is 5.97 Å². The summed E-state index contributed by atoms with van der Waals surface area (Å²) in [4.78, 5) is 46.8. The van der Waals surface area contributed by atoms with Crippen molar-refractivity contribution in [1.29, 1.82) is 0 Å². The van der Waals surface area contributed by atoms with E-state index >= 15 is 0 Å². The first-order chi connectivity index (χ1) is 13.5. The molecule has 0 N–H and O–H groups in total. The summed E-state index contributed by atoms with van der Waals surface area (Å²) >= 11 is 1.10. The van der Waals surface area contributed by atoms with Crippen LogP contribution in [-0.2, 0) is 11.4 Å². The van der Waals surface area contributed by atoms with Crippen molar-refractivity contribution in [3.05, 3.63) is 81.3 Å². The molecule has 0 bridgehead atoms. The largest absolute Gasteiger partial charge is 0.486 e. The highest BCUT2D eigenvalue weighted by molar-refractivity contribution is 7.13. The number of fused-ring (bicyclic) bond motifs is 1. The van der Waals surface area contributed by atoms with Gasteiger partial charge in [-0.25, -0.2) is 9.78 Å². The summed E-state index contributed by atoms with van der Waals surface area (Å²) in [6.45, 7) is 1.84. The van der Waals surface area contributed by atoms with Gasteiger partial charge in [0.2, 0.25) is 0 Å². The number of benzene rings is 2. The first-order valence-electron chi connectivity index (χ1n) is 8.39. The number of carbonyl (C=O) groups is 3. The van der Waals surface area contributed by atoms with Crippen LogP contribution in [0.5, 0.6) is 5.75 Å². The van der Waals surface area contributed by atoms with Crippen molar-refractivity contribution in [2.45, 2.75) is 13.5 Å². The van der Waals surface area contributed by atoms with Gasteiger partial charge in [-0.15, -0.1) is 11.3 Å². The minimum Gasteiger partial charge on any atom is -0.486 e. The van der Waals surface area contributed by atoms with Crippen LogP contribution in [0.25, 0.3) is 0 Å². The zero-order valence-corrected chi connectivity index (χ0v) is 15.6. The minimum absolute atomic E-state index is 0.190. The zero-order chi connectivity index (χ0) is 19.7. The highest BCUT2D eigenvalue weighted by Gasteiger charge is 2.39. The number of aryl methyl sites for hydroxylation is 1. The molecule has 28 heavy (non-hydrogen) atoms. The van der Waals surface area contributed by atoms with Gasteiger partial charge in [-0.05, 0) is 31.2 Å². The van der Waals surface area contributed by atoms with Crippen LogP contribution < -0.4 is 4.74 Å². The second kappa shape index (κ2) is 7.24. The first kappa shape index (κ1) is 17.9. The van der Waals surface area contributed by atoms with Crippen molar-refractivity contribution in [3.63, 3.8) is 0 Å². The van der Waals surface area contributed by atoms with Crippen molar-refractivity contribution in [2.24, 2.45) is 0 Å². The van der Waals surface area contributed by atoms with Crippen LogP contribution in [0.15, 0.2) is 54.6 Å². The Labute approximate surface area is 164 Å². The van der Waals surface area contributed by atoms with Crippen molar-refractivity contribution < 1.29 is 24.0 Å². The number of carbonyl (C=O) groups excluding carboxylic acids is 3. The molecule has 3 aromatic rings. The molecule has 0 spiro atoms. The van der Waals surface area contributed by atoms with Gasteiger partial charge in [0.25, 0.3) is 11.8 Å². The Hall–Kier alpha value is -3.52. The summed E-state index contributed by atoms with van der Waals surface area (Å²) in [7, 11) is 0. The van der Waals surface area contributed by atoms with Gasteiger partial charge in [-0.3, -0.25) is 9.59 Å². The molecular formula is C20H14N2O5S. The third-order valence-electron chi connectivity index (χ3n) is 4.06. The van der Waals surface area contributed by atoms with Crippen LogP contribution in [0.4, 0.5) is 0 Å². The van der Waals surface area contributed by atoms with Crippen LogP contribution in [0.2, 0.25) is 0 Å². The highest BCUT2D eigenvalue weighted by atomic mass is 32.1. The quantitative estimate of drug-likeness (QED) is 0.617. The van der Waals surface area contributed by atoms with Crippen LogP contribution in [0.1, 0.15) is 41.1 Å². The standard InChI is InChI=1S/C20H14N2O5S/c1-12-17(28-16(21-12)11-26-13-7-3-2-4-8-13)20(25)27-22-18(23)14-9-5-6-10-15(14)19(22)24/h2-10H,11H2,1H3. The molecule has 140 valence electrons. The number of aromatic nitrogens is 1. The SMILES string of the molecule is Cc1nc(COc2ccccc2)sc1C(=O)ON1C(=O)c2ccccc2C1=O. The third kappa shape index (κ3) is 3.25. The predicted octanol–water partition coefficient (Wildman–Crippen LogP) is 3.40. The fourth-order valence-electron chi connectivity index (χ4n) is 2.74. The Balaban J connectivity index is 1.46. The van der Waals surface area contributed by atoms with Crippen LogP contribution in [0, 0.1) is 6.92 Å². The van der Waals surface area contributed by atoms with Gasteiger partial charge in [0.15, 0.2) is 0 Å². The Morgan fingerprint density at radius 1 is 1.00 bits per heavy atom. The van der Waals surface area contributed by atoms with Crippen molar-refractivity contribution in [2.75, 3.05) is 0 Å². The molecule has 0 aliphatic carbocycles. The Morgan fingerprint density at radius 2 is 1.61 bits per heavy atom. The number of hydrogen-bond donors (Lipinski definition) is 0. The lowest BCUT2D eigenvalue weighted by Crippen LogP contribution is -2.32. The molecule has 0 saturated heterocycles. The van der Waals surface area contributed by atoms with Crippen LogP contribution >= 0.6 is 11.3 Å². The topological polar surface area (TPSA) is 85.8 Å². The molecule has 2 amide bonds. The predicted molar refractivity (Wildman–Crippen MR) is 100.0 cm³/mol. The van der Waals surface area contributed by atoms with Gasteiger partial charge in [-0.1, -0.05) is 35.4 Å². The average Bonchev–Trinajstić information content (AvgIpc) is 3.20. The fourth-order valence-corrected chi connectivity index (χ4v) is 3.59. The van der Waals surface area contributed by atoms with E-state index in [1.54, 1.807) is 19.1 Å². The average molecular weight is 394 g/mol. The fraction of sp³-hybridized carbons (Fsp3) is 0.100. The molecule has 1 aromatic heterocycles. The van der Waals surface area contributed by atoms with E-state index in [1.807, 2.05) is 30.3 Å². The van der Waals surface area contributed by atoms with Crippen molar-refractivity contribution in [3.8, 4) is 5.75 Å². The summed E-state index contributed by atoms with van der Waals surface area (Å²) in [5, 5.41) is 1.07. The number of imide groups is 1. The van der Waals surface area contributed by atoms with E-state index in [0.717, 1.165) is 11.3 Å². The number of nitrogens with zero attached hydrogens (tertiary/aromatic N) is 2. The van der Waals surface area contributed by atoms with Crippen molar-refractivity contribution in [1.82, 2.24) is 10.0 Å². The van der Waals surface area contributed by atoms with E-state index in [-0.39, 0.29) is 22.6 Å². The van der Waals surface area contributed by atoms with Gasteiger partial charge in [0.05, 0.1) is 16.8 Å². The molecule has 2 aromatic carbocycles. The lowest BCUT2D eigenvalue weighted by atomic mass is 10.1. The molecule has 1 aliphatic heterocycles. The Bertz CT molecular complexity index is 1040. The third-order valence-corrected chi connectivity index (χ3v) is 5.17. The number of para-hydroxylation sites is 1. The number of rotatable bonds is 5. The number of thiazole rings is 1. The van der Waals surface area contributed by atoms with Crippen LogP contribution in [0.3, 0.4) is 0 Å². The van der Waals surface area contributed by atoms with E-state index in [0.29, 0.717) is 21.5 Å². The highest BCUT2D eigenvalue weighted by Crippen LogP contribution is 2.26. The second-order valence-electron chi connectivity index (χ2n) is 5.95. The van der Waals surface area contributed by atoms with E-state index in [1.165, 1.54) is 12.1 Å². The number of hydroxylamine groups is 2. The number of hydrogen-bond acceptors (Lipinski definition) is 7. The maximum Gasteiger partial charge on any atom is 0.375 e. The van der Waals surface area contributed by atoms with Gasteiger partial charge in [0, 0.05) is 0 Å². The minimum atomic E-state index is -0.810. The monoisotopic (exact) mass is 394 g/mol. The molecule has 0 radical (unpaired) electrons. The molecular weight excluding hydrogens is 380 g/mol. The summed E-state index contributed by atoms with van der Waals surface area (Å²) < 4.78 is 5.63. The van der Waals surface area contributed by atoms with Gasteiger partial charge < -0.3 is 9.57 Å². The molecule has 4 rings (SSSR count). The van der Waals surface area contributed by atoms with E-state index < -0.39 is 17.8 Å². The molecule has 1 aliphatic rings. The second-order valence-corrected chi connectivity index (χ2v) is 7.04. The Kier molecular flexibility index (Phi) is 4.62. The molecule has 8 heteroatoms. The Morgan fingerprint density at radius 3 is 2.25 bits per heavy atom. The zero-order valence-electron chi connectivity index (χ0n) is 14.7. The summed E-state index contributed by atoms with van der Waals surface area (Å²) in [6, 6.07) is 15.5.